The van der Waals surface area contributed by atoms with Crippen molar-refractivity contribution in [2.24, 2.45) is 5.73 Å². The molecule has 0 aliphatic carbocycles. The smallest absolute Gasteiger partial charge is 0.244 e. The molecule has 0 aliphatic heterocycles. The maximum absolute atomic E-state index is 5.83. The summed E-state index contributed by atoms with van der Waals surface area (Å²) < 4.78 is 5.70. The van der Waals surface area contributed by atoms with Crippen molar-refractivity contribution in [1.82, 2.24) is 10.2 Å². The topological polar surface area (TPSA) is 61.0 Å². The van der Waals surface area contributed by atoms with Gasteiger partial charge in [-0.25, -0.2) is 0 Å². The van der Waals surface area contributed by atoms with Crippen molar-refractivity contribution < 1.29 is 4.74 Å². The average molecular weight is 281 g/mol. The summed E-state index contributed by atoms with van der Waals surface area (Å²) >= 11 is 5.14. The molecule has 0 unspecified atom stereocenters. The molecule has 2 N–H and O–H groups in total. The number of nitrogens with two attached hydrogens (primary N) is 1. The Hall–Kier alpha value is -1.23. The zero-order valence-corrected chi connectivity index (χ0v) is 12.8. The number of hydrogen-bond donors (Lipinski definition) is 1. The second kappa shape index (κ2) is 8.04. The Labute approximate surface area is 120 Å². The van der Waals surface area contributed by atoms with Gasteiger partial charge in [0.1, 0.15) is 4.99 Å². The van der Waals surface area contributed by atoms with Crippen LogP contribution in [-0.2, 0) is 12.8 Å². The van der Waals surface area contributed by atoms with Crippen LogP contribution < -0.4 is 10.5 Å². The van der Waals surface area contributed by atoms with E-state index in [0.29, 0.717) is 17.5 Å². The molecule has 1 aromatic rings. The van der Waals surface area contributed by atoms with E-state index in [4.69, 9.17) is 22.7 Å². The first-order chi connectivity index (χ1) is 9.15. The molecule has 0 atom stereocenters. The fourth-order valence-corrected chi connectivity index (χ4v) is 2.24. The molecule has 0 aromatic carbocycles. The molecule has 0 bridgehead atoms. The number of nitrogens with zero attached hydrogens (tertiary/aromatic N) is 2. The van der Waals surface area contributed by atoms with Gasteiger partial charge in [0.05, 0.1) is 17.9 Å². The minimum atomic E-state index is 0.340. The molecule has 106 valence electrons. The minimum absolute atomic E-state index is 0.340. The minimum Gasteiger partial charge on any atom is -0.476 e. The number of ether oxygens (including phenoxy) is 1. The monoisotopic (exact) mass is 281 g/mol. The van der Waals surface area contributed by atoms with E-state index in [1.54, 1.807) is 0 Å². The highest BCUT2D eigenvalue weighted by atomic mass is 32.1. The molecule has 0 aliphatic rings. The molecule has 0 radical (unpaired) electrons. The summed E-state index contributed by atoms with van der Waals surface area (Å²) in [5.74, 6) is 0.484. The zero-order valence-electron chi connectivity index (χ0n) is 12.0. The van der Waals surface area contributed by atoms with Gasteiger partial charge in [0.2, 0.25) is 5.88 Å². The van der Waals surface area contributed by atoms with E-state index in [1.807, 2.05) is 6.92 Å². The SMILES string of the molecule is CCCCCOc1nnc(CC)c(CC)c1C(N)=S. The van der Waals surface area contributed by atoms with Crippen molar-refractivity contribution in [3.63, 3.8) is 0 Å². The van der Waals surface area contributed by atoms with Crippen LogP contribution in [0.25, 0.3) is 0 Å². The zero-order chi connectivity index (χ0) is 14.3. The molecule has 1 aromatic heterocycles. The maximum Gasteiger partial charge on any atom is 0.244 e. The van der Waals surface area contributed by atoms with Crippen molar-refractivity contribution in [3.05, 3.63) is 16.8 Å². The Morgan fingerprint density at radius 1 is 1.16 bits per heavy atom. The molecule has 0 spiro atoms. The summed E-state index contributed by atoms with van der Waals surface area (Å²) in [4.78, 5) is 0.340. The van der Waals surface area contributed by atoms with E-state index in [9.17, 15) is 0 Å². The van der Waals surface area contributed by atoms with Gasteiger partial charge in [-0.2, -0.15) is 5.10 Å². The Balaban J connectivity index is 3.00. The van der Waals surface area contributed by atoms with E-state index in [2.05, 4.69) is 24.0 Å². The molecule has 5 heteroatoms. The lowest BCUT2D eigenvalue weighted by atomic mass is 10.0. The van der Waals surface area contributed by atoms with Crippen LogP contribution in [0.1, 0.15) is 56.9 Å². The molecule has 0 amide bonds. The van der Waals surface area contributed by atoms with Crippen LogP contribution in [0, 0.1) is 0 Å². The second-order valence-corrected chi connectivity index (χ2v) is 4.87. The number of aryl methyl sites for hydroxylation is 1. The normalized spacial score (nSPS) is 10.5. The van der Waals surface area contributed by atoms with E-state index < -0.39 is 0 Å². The van der Waals surface area contributed by atoms with Crippen LogP contribution in [0.3, 0.4) is 0 Å². The van der Waals surface area contributed by atoms with Gasteiger partial charge in [-0.05, 0) is 24.8 Å². The first kappa shape index (κ1) is 15.8. The van der Waals surface area contributed by atoms with Gasteiger partial charge in [0.15, 0.2) is 0 Å². The molecular weight excluding hydrogens is 258 g/mol. The van der Waals surface area contributed by atoms with Gasteiger partial charge in [-0.3, -0.25) is 0 Å². The highest BCUT2D eigenvalue weighted by Gasteiger charge is 2.17. The van der Waals surface area contributed by atoms with Crippen molar-refractivity contribution >= 4 is 17.2 Å². The third-order valence-corrected chi connectivity index (χ3v) is 3.25. The predicted molar refractivity (Wildman–Crippen MR) is 81.7 cm³/mol. The Bertz CT molecular complexity index is 435. The summed E-state index contributed by atoms with van der Waals surface area (Å²) in [7, 11) is 0. The van der Waals surface area contributed by atoms with E-state index in [0.717, 1.165) is 48.9 Å². The van der Waals surface area contributed by atoms with Crippen molar-refractivity contribution in [2.45, 2.75) is 52.9 Å². The van der Waals surface area contributed by atoms with Gasteiger partial charge < -0.3 is 10.5 Å². The molecule has 1 heterocycles. The van der Waals surface area contributed by atoms with Crippen molar-refractivity contribution in [1.29, 1.82) is 0 Å². The third-order valence-electron chi connectivity index (χ3n) is 3.05. The van der Waals surface area contributed by atoms with E-state index in [-0.39, 0.29) is 0 Å². The highest BCUT2D eigenvalue weighted by molar-refractivity contribution is 7.80. The summed E-state index contributed by atoms with van der Waals surface area (Å²) in [5, 5.41) is 8.36. The van der Waals surface area contributed by atoms with Crippen LogP contribution in [0.5, 0.6) is 5.88 Å². The summed E-state index contributed by atoms with van der Waals surface area (Å²) in [5.41, 5.74) is 8.61. The van der Waals surface area contributed by atoms with Crippen LogP contribution in [0.4, 0.5) is 0 Å². The molecule has 0 fully saturated rings. The lowest BCUT2D eigenvalue weighted by Crippen LogP contribution is -2.18. The number of rotatable bonds is 8. The molecule has 0 saturated heterocycles. The maximum atomic E-state index is 5.83. The van der Waals surface area contributed by atoms with E-state index in [1.165, 1.54) is 0 Å². The Kier molecular flexibility index (Phi) is 6.70. The molecule has 1 rings (SSSR count). The first-order valence-electron chi connectivity index (χ1n) is 6.96. The second-order valence-electron chi connectivity index (χ2n) is 4.43. The van der Waals surface area contributed by atoms with Crippen LogP contribution in [0.15, 0.2) is 0 Å². The summed E-state index contributed by atoms with van der Waals surface area (Å²) in [6, 6.07) is 0. The van der Waals surface area contributed by atoms with Gasteiger partial charge in [-0.1, -0.05) is 45.8 Å². The predicted octanol–water partition coefficient (Wildman–Crippen LogP) is 2.80. The number of hydrogen-bond acceptors (Lipinski definition) is 4. The fraction of sp³-hybridized carbons (Fsp3) is 0.643. The average Bonchev–Trinajstić information content (AvgIpc) is 2.42. The quantitative estimate of drug-likeness (QED) is 0.586. The number of unbranched alkanes of at least 4 members (excludes halogenated alkanes) is 2. The summed E-state index contributed by atoms with van der Waals surface area (Å²) in [6.07, 6.45) is 4.96. The van der Waals surface area contributed by atoms with Crippen molar-refractivity contribution in [3.8, 4) is 5.88 Å². The van der Waals surface area contributed by atoms with E-state index >= 15 is 0 Å². The molecule has 19 heavy (non-hydrogen) atoms. The Morgan fingerprint density at radius 2 is 1.89 bits per heavy atom. The lowest BCUT2D eigenvalue weighted by molar-refractivity contribution is 0.290. The Morgan fingerprint density at radius 3 is 2.42 bits per heavy atom. The van der Waals surface area contributed by atoms with Gasteiger partial charge in [0.25, 0.3) is 0 Å². The number of thiocarbonyl (C=S) groups is 1. The molecule has 0 saturated carbocycles. The van der Waals surface area contributed by atoms with Gasteiger partial charge >= 0.3 is 0 Å². The van der Waals surface area contributed by atoms with Gasteiger partial charge in [0, 0.05) is 0 Å². The molecule has 4 nitrogen and oxygen atoms in total. The largest absolute Gasteiger partial charge is 0.476 e. The number of aromatic nitrogens is 2. The van der Waals surface area contributed by atoms with Crippen LogP contribution >= 0.6 is 12.2 Å². The van der Waals surface area contributed by atoms with Crippen molar-refractivity contribution in [2.75, 3.05) is 6.61 Å². The highest BCUT2D eigenvalue weighted by Crippen LogP contribution is 2.22. The molecular formula is C14H23N3OS. The first-order valence-corrected chi connectivity index (χ1v) is 7.37. The third kappa shape index (κ3) is 4.13. The summed E-state index contributed by atoms with van der Waals surface area (Å²) in [6.45, 7) is 6.91. The van der Waals surface area contributed by atoms with Gasteiger partial charge in [-0.15, -0.1) is 5.10 Å². The fourth-order valence-electron chi connectivity index (χ4n) is 2.03. The lowest BCUT2D eigenvalue weighted by Gasteiger charge is -2.14. The van der Waals surface area contributed by atoms with Crippen LogP contribution in [0.2, 0.25) is 0 Å². The standard InChI is InChI=1S/C14H23N3OS/c1-4-7-8-9-18-14-12(13(15)19)10(5-2)11(6-3)16-17-14/h4-9H2,1-3H3,(H2,15,19). The van der Waals surface area contributed by atoms with Crippen LogP contribution in [-0.4, -0.2) is 21.8 Å².